The number of hydrogen-bond acceptors (Lipinski definition) is 3. The van der Waals surface area contributed by atoms with E-state index in [-0.39, 0.29) is 11.4 Å². The highest BCUT2D eigenvalue weighted by molar-refractivity contribution is 7.93. The van der Waals surface area contributed by atoms with Crippen LogP contribution in [0, 0.1) is 13.8 Å². The summed E-state index contributed by atoms with van der Waals surface area (Å²) in [6.45, 7) is 3.66. The topological polar surface area (TPSA) is 80.5 Å². The van der Waals surface area contributed by atoms with Crippen LogP contribution >= 0.6 is 0 Å². The van der Waals surface area contributed by atoms with Crippen LogP contribution in [0.15, 0.2) is 47.4 Å². The van der Waals surface area contributed by atoms with Crippen LogP contribution in [0.5, 0.6) is 0 Å². The van der Waals surface area contributed by atoms with Crippen LogP contribution in [0.3, 0.4) is 0 Å². The summed E-state index contributed by atoms with van der Waals surface area (Å²) in [7, 11) is -3.75. The molecule has 6 heteroatoms. The number of anilines is 1. The Hall–Kier alpha value is -2.34. The van der Waals surface area contributed by atoms with E-state index in [4.69, 9.17) is 5.73 Å². The number of sulfonamides is 1. The number of carbonyl (C=O) groups excluding carboxylic acids is 1. The van der Waals surface area contributed by atoms with E-state index in [1.807, 2.05) is 13.0 Å². The molecule has 0 saturated heterocycles. The fourth-order valence-corrected chi connectivity index (χ4v) is 4.76. The fourth-order valence-electron chi connectivity index (χ4n) is 2.95. The Bertz CT molecular complexity index is 890. The summed E-state index contributed by atoms with van der Waals surface area (Å²) in [5.41, 5.74) is 8.18. The van der Waals surface area contributed by atoms with E-state index in [9.17, 15) is 13.2 Å². The number of rotatable bonds is 3. The van der Waals surface area contributed by atoms with Crippen molar-refractivity contribution in [1.82, 2.24) is 0 Å². The minimum atomic E-state index is -3.75. The van der Waals surface area contributed by atoms with Gasteiger partial charge in [-0.05, 0) is 42.7 Å². The molecule has 1 amide bonds. The molecule has 1 atom stereocenters. The fraction of sp³-hybridized carbons (Fsp3) is 0.235. The van der Waals surface area contributed by atoms with E-state index in [0.717, 1.165) is 5.56 Å². The predicted molar refractivity (Wildman–Crippen MR) is 88.8 cm³/mol. The van der Waals surface area contributed by atoms with E-state index >= 15 is 0 Å². The maximum absolute atomic E-state index is 13.1. The first-order valence-electron chi connectivity index (χ1n) is 7.30. The molecule has 0 aromatic heterocycles. The summed E-state index contributed by atoms with van der Waals surface area (Å²) in [4.78, 5) is 12.0. The van der Waals surface area contributed by atoms with Crippen LogP contribution in [-0.4, -0.2) is 20.9 Å². The molecule has 120 valence electrons. The van der Waals surface area contributed by atoms with Crippen LogP contribution in [0.1, 0.15) is 22.6 Å². The van der Waals surface area contributed by atoms with Crippen molar-refractivity contribution in [3.05, 3.63) is 59.2 Å². The van der Waals surface area contributed by atoms with Gasteiger partial charge in [0.25, 0.3) is 10.0 Å². The average Bonchev–Trinajstić information content (AvgIpc) is 2.90. The summed E-state index contributed by atoms with van der Waals surface area (Å²) < 4.78 is 27.5. The second kappa shape index (κ2) is 5.38. The molecule has 0 fully saturated rings. The summed E-state index contributed by atoms with van der Waals surface area (Å²) in [5.74, 6) is -1.14. The van der Waals surface area contributed by atoms with Gasteiger partial charge in [-0.1, -0.05) is 30.3 Å². The number of hydrogen-bond donors (Lipinski definition) is 1. The van der Waals surface area contributed by atoms with E-state index < -0.39 is 21.8 Å². The number of carbonyl (C=O) groups is 1. The van der Waals surface area contributed by atoms with Crippen molar-refractivity contribution in [2.75, 3.05) is 10.8 Å². The van der Waals surface area contributed by atoms with Gasteiger partial charge >= 0.3 is 0 Å². The second-order valence-corrected chi connectivity index (χ2v) is 7.65. The monoisotopic (exact) mass is 330 g/mol. The largest absolute Gasteiger partial charge is 0.369 e. The molecule has 2 aromatic rings. The lowest BCUT2D eigenvalue weighted by Gasteiger charge is -2.21. The standard InChI is InChI=1S/C17H18N2O3S/c1-11-7-8-12(2)16(9-11)23(21,22)19-10-14(17(18)20)13-5-3-4-6-15(13)19/h3-9,14H,10H2,1-2H3,(H2,18,20)/t14-/m1/s1. The lowest BCUT2D eigenvalue weighted by Crippen LogP contribution is -2.33. The number of aryl methyl sites for hydroxylation is 2. The van der Waals surface area contributed by atoms with E-state index in [0.29, 0.717) is 16.8 Å². The minimum Gasteiger partial charge on any atom is -0.369 e. The molecule has 23 heavy (non-hydrogen) atoms. The van der Waals surface area contributed by atoms with Crippen LogP contribution in [0.25, 0.3) is 0 Å². The molecule has 0 unspecified atom stereocenters. The lowest BCUT2D eigenvalue weighted by atomic mass is 10.0. The van der Waals surface area contributed by atoms with Gasteiger partial charge in [-0.25, -0.2) is 8.42 Å². The second-order valence-electron chi connectivity index (χ2n) is 5.82. The van der Waals surface area contributed by atoms with Gasteiger partial charge in [0, 0.05) is 0 Å². The molecule has 0 bridgehead atoms. The molecule has 0 saturated carbocycles. The quantitative estimate of drug-likeness (QED) is 0.935. The summed E-state index contributed by atoms with van der Waals surface area (Å²) in [6, 6.07) is 12.3. The molecule has 1 aliphatic rings. The smallest absolute Gasteiger partial charge is 0.264 e. The van der Waals surface area contributed by atoms with Crippen molar-refractivity contribution in [3.8, 4) is 0 Å². The van der Waals surface area contributed by atoms with Crippen LogP contribution in [0.4, 0.5) is 5.69 Å². The highest BCUT2D eigenvalue weighted by Gasteiger charge is 2.39. The Labute approximate surface area is 135 Å². The van der Waals surface area contributed by atoms with E-state index in [1.165, 1.54) is 4.31 Å². The first-order chi connectivity index (χ1) is 10.8. The number of para-hydroxylation sites is 1. The molecule has 1 heterocycles. The normalized spacial score (nSPS) is 17.1. The van der Waals surface area contributed by atoms with Gasteiger partial charge in [0.2, 0.25) is 5.91 Å². The molecule has 1 aliphatic heterocycles. The minimum absolute atomic E-state index is 0.0460. The zero-order valence-corrected chi connectivity index (χ0v) is 13.8. The maximum Gasteiger partial charge on any atom is 0.264 e. The van der Waals surface area contributed by atoms with Crippen LogP contribution < -0.4 is 10.0 Å². The molecular weight excluding hydrogens is 312 g/mol. The van der Waals surface area contributed by atoms with Gasteiger partial charge in [0.1, 0.15) is 0 Å². The zero-order valence-electron chi connectivity index (χ0n) is 13.0. The van der Waals surface area contributed by atoms with Crippen LogP contribution in [0.2, 0.25) is 0 Å². The number of nitrogens with zero attached hydrogens (tertiary/aromatic N) is 1. The Morgan fingerprint density at radius 2 is 1.87 bits per heavy atom. The molecule has 5 nitrogen and oxygen atoms in total. The number of nitrogens with two attached hydrogens (primary N) is 1. The van der Waals surface area contributed by atoms with E-state index in [2.05, 4.69) is 0 Å². The molecule has 2 aromatic carbocycles. The highest BCUT2D eigenvalue weighted by Crippen LogP contribution is 2.39. The first-order valence-corrected chi connectivity index (χ1v) is 8.74. The van der Waals surface area contributed by atoms with Gasteiger partial charge in [-0.15, -0.1) is 0 Å². The van der Waals surface area contributed by atoms with Gasteiger partial charge in [0.15, 0.2) is 0 Å². The number of amides is 1. The molecule has 2 N–H and O–H groups in total. The Kier molecular flexibility index (Phi) is 3.64. The van der Waals surface area contributed by atoms with Crippen molar-refractivity contribution in [1.29, 1.82) is 0 Å². The van der Waals surface area contributed by atoms with Gasteiger partial charge in [0.05, 0.1) is 23.0 Å². The third kappa shape index (κ3) is 2.49. The summed E-state index contributed by atoms with van der Waals surface area (Å²) >= 11 is 0. The molecule has 3 rings (SSSR count). The SMILES string of the molecule is Cc1ccc(C)c(S(=O)(=O)N2C[C@@H](C(N)=O)c3ccccc32)c1. The van der Waals surface area contributed by atoms with Crippen molar-refractivity contribution in [2.24, 2.45) is 5.73 Å². The third-order valence-electron chi connectivity index (χ3n) is 4.18. The first kappa shape index (κ1) is 15.6. The summed E-state index contributed by atoms with van der Waals surface area (Å²) in [5, 5.41) is 0. The predicted octanol–water partition coefficient (Wildman–Crippen LogP) is 2.08. The average molecular weight is 330 g/mol. The van der Waals surface area contributed by atoms with Crippen LogP contribution in [-0.2, 0) is 14.8 Å². The summed E-state index contributed by atoms with van der Waals surface area (Å²) in [6.07, 6.45) is 0. The highest BCUT2D eigenvalue weighted by atomic mass is 32.2. The number of fused-ring (bicyclic) bond motifs is 1. The number of primary amides is 1. The third-order valence-corrected chi connectivity index (χ3v) is 6.11. The van der Waals surface area contributed by atoms with Crippen molar-refractivity contribution in [3.63, 3.8) is 0 Å². The maximum atomic E-state index is 13.1. The molecule has 0 radical (unpaired) electrons. The van der Waals surface area contributed by atoms with Crippen molar-refractivity contribution in [2.45, 2.75) is 24.7 Å². The van der Waals surface area contributed by atoms with Crippen molar-refractivity contribution < 1.29 is 13.2 Å². The Morgan fingerprint density at radius 1 is 1.17 bits per heavy atom. The van der Waals surface area contributed by atoms with E-state index in [1.54, 1.807) is 43.3 Å². The van der Waals surface area contributed by atoms with Crippen molar-refractivity contribution >= 4 is 21.6 Å². The van der Waals surface area contributed by atoms with Gasteiger partial charge in [-0.3, -0.25) is 9.10 Å². The number of benzene rings is 2. The van der Waals surface area contributed by atoms with Gasteiger partial charge < -0.3 is 5.73 Å². The zero-order chi connectivity index (χ0) is 16.8. The molecule has 0 aliphatic carbocycles. The Balaban J connectivity index is 2.15. The van der Waals surface area contributed by atoms with Gasteiger partial charge in [-0.2, -0.15) is 0 Å². The Morgan fingerprint density at radius 3 is 2.57 bits per heavy atom. The lowest BCUT2D eigenvalue weighted by molar-refractivity contribution is -0.119. The molecular formula is C17H18N2O3S. The molecule has 0 spiro atoms.